The first-order valence-corrected chi connectivity index (χ1v) is 7.09. The van der Waals surface area contributed by atoms with Gasteiger partial charge in [0.2, 0.25) is 0 Å². The summed E-state index contributed by atoms with van der Waals surface area (Å²) in [6.07, 6.45) is 2.60. The molecule has 0 saturated carbocycles. The van der Waals surface area contributed by atoms with Crippen LogP contribution < -0.4 is 5.32 Å². The van der Waals surface area contributed by atoms with Crippen LogP contribution in [0.4, 0.5) is 0 Å². The molecule has 0 heterocycles. The van der Waals surface area contributed by atoms with Gasteiger partial charge in [-0.15, -0.1) is 0 Å². The summed E-state index contributed by atoms with van der Waals surface area (Å²) in [5.41, 5.74) is 0. The van der Waals surface area contributed by atoms with Crippen molar-refractivity contribution < 1.29 is 28.7 Å². The Kier molecular flexibility index (Phi) is 8.06. The van der Waals surface area contributed by atoms with Crippen molar-refractivity contribution in [2.75, 3.05) is 47.6 Å². The van der Waals surface area contributed by atoms with Gasteiger partial charge in [-0.1, -0.05) is 0 Å². The smallest absolute Gasteiger partial charge is 0.320 e. The number of hydrogen-bond acceptors (Lipinski definition) is 8. The molecule has 0 aromatic heterocycles. The largest absolute Gasteiger partial charge is 0.493 e. The second kappa shape index (κ2) is 9.80. The molecule has 0 aromatic carbocycles. The third kappa shape index (κ3) is 5.53. The van der Waals surface area contributed by atoms with Crippen molar-refractivity contribution in [3.8, 4) is 0 Å². The fraction of sp³-hybridized carbons (Fsp3) is 0.643. The molecule has 0 aliphatic heterocycles. The van der Waals surface area contributed by atoms with Crippen LogP contribution in [0.25, 0.3) is 0 Å². The molecule has 2 atom stereocenters. The number of ether oxygens (including phenoxy) is 4. The van der Waals surface area contributed by atoms with E-state index in [-0.39, 0.29) is 18.1 Å². The van der Waals surface area contributed by atoms with Crippen LogP contribution in [0.15, 0.2) is 23.7 Å². The Hall–Kier alpha value is -2.13. The molecule has 1 aliphatic carbocycles. The van der Waals surface area contributed by atoms with E-state index in [2.05, 4.69) is 10.1 Å². The monoisotopic (exact) mass is 330 g/mol. The van der Waals surface area contributed by atoms with E-state index in [1.165, 1.54) is 26.4 Å². The van der Waals surface area contributed by atoms with Crippen molar-refractivity contribution in [1.29, 1.82) is 0 Å². The van der Waals surface area contributed by atoms with Crippen LogP contribution in [0.2, 0.25) is 0 Å². The lowest BCUT2D eigenvalue weighted by atomic mass is 9.94. The number of nitrogens with zero attached hydrogens (tertiary/aromatic N) is 1. The Morgan fingerprint density at radius 1 is 1.26 bits per heavy atom. The Balaban J connectivity index is 2.71. The molecule has 0 spiro atoms. The molecule has 1 N–H and O–H groups in total. The van der Waals surface area contributed by atoms with Crippen molar-refractivity contribution in [1.82, 2.24) is 5.32 Å². The second-order valence-electron chi connectivity index (χ2n) is 4.66. The molecule has 130 valence electrons. The molecule has 0 aromatic rings. The fourth-order valence-electron chi connectivity index (χ4n) is 1.99. The van der Waals surface area contributed by atoms with Gasteiger partial charge in [-0.25, -0.2) is 0 Å². The van der Waals surface area contributed by atoms with Gasteiger partial charge in [0.05, 0.1) is 27.4 Å². The van der Waals surface area contributed by atoms with E-state index in [0.717, 1.165) is 6.54 Å². The lowest BCUT2D eigenvalue weighted by Crippen LogP contribution is -2.35. The van der Waals surface area contributed by atoms with Gasteiger partial charge < -0.3 is 24.3 Å². The van der Waals surface area contributed by atoms with Crippen molar-refractivity contribution in [3.05, 3.63) is 33.8 Å². The molecule has 9 heteroatoms. The quantitative estimate of drug-likeness (QED) is 0.260. The highest BCUT2D eigenvalue weighted by molar-refractivity contribution is 5.76. The number of methoxy groups -OCH3 is 2. The summed E-state index contributed by atoms with van der Waals surface area (Å²) < 4.78 is 20.5. The van der Waals surface area contributed by atoms with E-state index in [9.17, 15) is 14.9 Å². The number of nitro groups is 1. The van der Waals surface area contributed by atoms with Crippen LogP contribution in [0.1, 0.15) is 0 Å². The normalized spacial score (nSPS) is 20.3. The van der Waals surface area contributed by atoms with Crippen molar-refractivity contribution in [2.45, 2.75) is 6.04 Å². The van der Waals surface area contributed by atoms with Crippen molar-refractivity contribution in [3.63, 3.8) is 0 Å². The van der Waals surface area contributed by atoms with Gasteiger partial charge in [-0.05, 0) is 13.1 Å². The van der Waals surface area contributed by atoms with Crippen LogP contribution in [0.3, 0.4) is 0 Å². The molecule has 0 amide bonds. The minimum atomic E-state index is -1.26. The number of nitrogens with one attached hydrogen (secondary N) is 1. The number of esters is 1. The zero-order valence-electron chi connectivity index (χ0n) is 13.4. The lowest BCUT2D eigenvalue weighted by Gasteiger charge is -2.22. The minimum absolute atomic E-state index is 0.212. The molecule has 1 aliphatic rings. The van der Waals surface area contributed by atoms with E-state index in [1.807, 2.05) is 7.05 Å². The van der Waals surface area contributed by atoms with Crippen LogP contribution >= 0.6 is 0 Å². The highest BCUT2D eigenvalue weighted by Crippen LogP contribution is 2.27. The van der Waals surface area contributed by atoms with Gasteiger partial charge in [0.15, 0.2) is 17.4 Å². The summed E-state index contributed by atoms with van der Waals surface area (Å²) in [6, 6.07) is -1.26. The van der Waals surface area contributed by atoms with Crippen LogP contribution in [0.5, 0.6) is 0 Å². The molecule has 23 heavy (non-hydrogen) atoms. The molecule has 0 bridgehead atoms. The van der Waals surface area contributed by atoms with Crippen molar-refractivity contribution >= 4 is 5.97 Å². The molecular weight excluding hydrogens is 308 g/mol. The molecule has 2 unspecified atom stereocenters. The maximum Gasteiger partial charge on any atom is 0.320 e. The minimum Gasteiger partial charge on any atom is -0.493 e. The highest BCUT2D eigenvalue weighted by Gasteiger charge is 2.40. The maximum atomic E-state index is 11.7. The van der Waals surface area contributed by atoms with Gasteiger partial charge in [-0.2, -0.15) is 0 Å². The van der Waals surface area contributed by atoms with Crippen LogP contribution in [-0.2, 0) is 23.7 Å². The average Bonchev–Trinajstić information content (AvgIpc) is 2.56. The Labute approximate surface area is 134 Å². The van der Waals surface area contributed by atoms with E-state index in [1.54, 1.807) is 0 Å². The Morgan fingerprint density at radius 2 is 2.00 bits per heavy atom. The summed E-state index contributed by atoms with van der Waals surface area (Å²) in [4.78, 5) is 22.3. The number of hydrogen-bond donors (Lipinski definition) is 1. The number of carbonyl (C=O) groups excluding carboxylic acids is 1. The number of carbonyl (C=O) groups is 1. The molecule has 0 fully saturated rings. The Morgan fingerprint density at radius 3 is 2.57 bits per heavy atom. The van der Waals surface area contributed by atoms with Gasteiger partial charge in [0, 0.05) is 17.5 Å². The lowest BCUT2D eigenvalue weighted by molar-refractivity contribution is -0.514. The molecule has 0 radical (unpaired) electrons. The fourth-order valence-corrected chi connectivity index (χ4v) is 1.99. The number of rotatable bonds is 10. The summed E-state index contributed by atoms with van der Waals surface area (Å²) in [6.45, 7) is 1.80. The summed E-state index contributed by atoms with van der Waals surface area (Å²) in [7, 11) is 4.39. The Bertz CT molecular complexity index is 476. The first kappa shape index (κ1) is 18.9. The van der Waals surface area contributed by atoms with Crippen molar-refractivity contribution in [2.24, 2.45) is 5.92 Å². The van der Waals surface area contributed by atoms with E-state index >= 15 is 0 Å². The first-order chi connectivity index (χ1) is 11.0. The summed E-state index contributed by atoms with van der Waals surface area (Å²) in [5.74, 6) is -1.28. The van der Waals surface area contributed by atoms with Gasteiger partial charge in [-0.3, -0.25) is 14.9 Å². The van der Waals surface area contributed by atoms with E-state index in [0.29, 0.717) is 13.2 Å². The third-order valence-corrected chi connectivity index (χ3v) is 3.18. The first-order valence-electron chi connectivity index (χ1n) is 7.09. The summed E-state index contributed by atoms with van der Waals surface area (Å²) >= 11 is 0. The van der Waals surface area contributed by atoms with Gasteiger partial charge in [0.1, 0.15) is 6.61 Å². The average molecular weight is 330 g/mol. The van der Waals surface area contributed by atoms with Gasteiger partial charge in [0.25, 0.3) is 6.04 Å². The SMILES string of the molecule is CNCCOCCOC1=CC([N+](=O)[O-])C(C(=O)OC)C=C1OC. The topological polar surface area (TPSA) is 109 Å². The zero-order chi connectivity index (χ0) is 17.2. The standard InChI is InChI=1S/C14H22N2O7/c1-15-4-5-22-6-7-23-13-9-11(16(18)19)10(14(17)21-3)8-12(13)20-2/h8-11,15H,4-7H2,1-3H3. The summed E-state index contributed by atoms with van der Waals surface area (Å²) in [5, 5.41) is 14.1. The maximum absolute atomic E-state index is 11.7. The zero-order valence-corrected chi connectivity index (χ0v) is 13.4. The molecule has 1 rings (SSSR count). The molecular formula is C14H22N2O7. The van der Waals surface area contributed by atoms with Crippen LogP contribution in [-0.4, -0.2) is 64.6 Å². The number of likely N-dealkylation sites (N-methyl/N-ethyl adjacent to an activating group) is 1. The second-order valence-corrected chi connectivity index (χ2v) is 4.66. The van der Waals surface area contributed by atoms with E-state index < -0.39 is 22.9 Å². The third-order valence-electron chi connectivity index (χ3n) is 3.18. The highest BCUT2D eigenvalue weighted by atomic mass is 16.6. The van der Waals surface area contributed by atoms with Crippen LogP contribution in [0, 0.1) is 16.0 Å². The predicted molar refractivity (Wildman–Crippen MR) is 80.2 cm³/mol. The van der Waals surface area contributed by atoms with Gasteiger partial charge >= 0.3 is 5.97 Å². The molecule has 9 nitrogen and oxygen atoms in total. The molecule has 0 saturated heterocycles. The predicted octanol–water partition coefficient (Wildman–Crippen LogP) is 0.101. The van der Waals surface area contributed by atoms with E-state index in [4.69, 9.17) is 14.2 Å².